The highest BCUT2D eigenvalue weighted by Gasteiger charge is 2.16. The minimum atomic E-state index is -0.981. The molecular formula is C19H14N4O3. The molecule has 4 aromatic rings. The number of azo groups is 1. The molecule has 1 aromatic carbocycles. The first-order valence-corrected chi connectivity index (χ1v) is 7.89. The lowest BCUT2D eigenvalue weighted by molar-refractivity contribution is 0.0697. The van der Waals surface area contributed by atoms with Gasteiger partial charge in [0.15, 0.2) is 17.3 Å². The second-order valence-corrected chi connectivity index (χ2v) is 5.75. The number of benzene rings is 1. The third kappa shape index (κ3) is 2.86. The molecule has 0 fully saturated rings. The van der Waals surface area contributed by atoms with Crippen LogP contribution in [0.3, 0.4) is 0 Å². The van der Waals surface area contributed by atoms with Crippen LogP contribution in [0, 0.1) is 6.92 Å². The van der Waals surface area contributed by atoms with Crippen molar-refractivity contribution in [3.63, 3.8) is 0 Å². The Bertz CT molecular complexity index is 1110. The molecule has 3 heterocycles. The van der Waals surface area contributed by atoms with Gasteiger partial charge in [0.1, 0.15) is 5.65 Å². The van der Waals surface area contributed by atoms with Crippen LogP contribution < -0.4 is 0 Å². The van der Waals surface area contributed by atoms with Crippen LogP contribution in [0.2, 0.25) is 0 Å². The molecule has 0 unspecified atom stereocenters. The van der Waals surface area contributed by atoms with Crippen molar-refractivity contribution < 1.29 is 14.3 Å². The number of aryl methyl sites for hydroxylation is 1. The Hall–Kier alpha value is -3.74. The van der Waals surface area contributed by atoms with Gasteiger partial charge in [0, 0.05) is 6.20 Å². The smallest absolute Gasteiger partial charge is 0.335 e. The zero-order valence-corrected chi connectivity index (χ0v) is 13.8. The molecule has 128 valence electrons. The first-order chi connectivity index (χ1) is 12.6. The zero-order chi connectivity index (χ0) is 18.1. The SMILES string of the molecule is Cc1ccc2nc(-c3ccco3)c(N=Nc3ccc(C(=O)O)cc3)n2c1. The molecular weight excluding hydrogens is 332 g/mol. The van der Waals surface area contributed by atoms with E-state index < -0.39 is 5.97 Å². The predicted octanol–water partition coefficient (Wildman–Crippen LogP) is 5.02. The average molecular weight is 346 g/mol. The minimum Gasteiger partial charge on any atom is -0.478 e. The molecule has 0 spiro atoms. The van der Waals surface area contributed by atoms with Crippen LogP contribution in [0.25, 0.3) is 17.1 Å². The first kappa shape index (κ1) is 15.8. The van der Waals surface area contributed by atoms with Gasteiger partial charge in [0.2, 0.25) is 0 Å². The third-order valence-corrected chi connectivity index (χ3v) is 3.87. The maximum Gasteiger partial charge on any atom is 0.335 e. The summed E-state index contributed by atoms with van der Waals surface area (Å²) in [6, 6.07) is 13.7. The fraction of sp³-hybridized carbons (Fsp3) is 0.0526. The maximum absolute atomic E-state index is 10.9. The number of hydrogen-bond acceptors (Lipinski definition) is 5. The van der Waals surface area contributed by atoms with Gasteiger partial charge in [-0.25, -0.2) is 9.78 Å². The van der Waals surface area contributed by atoms with Crippen molar-refractivity contribution in [2.75, 3.05) is 0 Å². The summed E-state index contributed by atoms with van der Waals surface area (Å²) in [5.74, 6) is 0.161. The fourth-order valence-electron chi connectivity index (χ4n) is 2.59. The van der Waals surface area contributed by atoms with Crippen molar-refractivity contribution in [1.82, 2.24) is 9.38 Å². The van der Waals surface area contributed by atoms with E-state index >= 15 is 0 Å². The normalized spacial score (nSPS) is 11.4. The van der Waals surface area contributed by atoms with Crippen molar-refractivity contribution in [2.45, 2.75) is 6.92 Å². The number of carboxylic acid groups (broad SMARTS) is 1. The van der Waals surface area contributed by atoms with E-state index in [2.05, 4.69) is 15.2 Å². The van der Waals surface area contributed by atoms with Crippen LogP contribution in [0.4, 0.5) is 11.5 Å². The highest BCUT2D eigenvalue weighted by molar-refractivity contribution is 5.87. The van der Waals surface area contributed by atoms with Gasteiger partial charge in [0.05, 0.1) is 17.5 Å². The van der Waals surface area contributed by atoms with Gasteiger partial charge >= 0.3 is 5.97 Å². The number of hydrogen-bond donors (Lipinski definition) is 1. The quantitative estimate of drug-likeness (QED) is 0.525. The van der Waals surface area contributed by atoms with Gasteiger partial charge in [-0.1, -0.05) is 6.07 Å². The lowest BCUT2D eigenvalue weighted by atomic mass is 10.2. The van der Waals surface area contributed by atoms with Crippen molar-refractivity contribution in [2.24, 2.45) is 10.2 Å². The Morgan fingerprint density at radius 3 is 2.62 bits per heavy atom. The molecule has 26 heavy (non-hydrogen) atoms. The molecule has 0 aliphatic carbocycles. The second kappa shape index (κ2) is 6.29. The molecule has 7 heteroatoms. The van der Waals surface area contributed by atoms with E-state index in [0.29, 0.717) is 23.0 Å². The minimum absolute atomic E-state index is 0.200. The molecule has 7 nitrogen and oxygen atoms in total. The van der Waals surface area contributed by atoms with Gasteiger partial charge in [0.25, 0.3) is 0 Å². The van der Waals surface area contributed by atoms with Gasteiger partial charge < -0.3 is 9.52 Å². The molecule has 0 aliphatic rings. The summed E-state index contributed by atoms with van der Waals surface area (Å²) in [5.41, 5.74) is 3.13. The van der Waals surface area contributed by atoms with E-state index in [1.54, 1.807) is 24.5 Å². The van der Waals surface area contributed by atoms with Gasteiger partial charge in [-0.3, -0.25) is 4.40 Å². The Morgan fingerprint density at radius 2 is 1.92 bits per heavy atom. The molecule has 0 atom stereocenters. The summed E-state index contributed by atoms with van der Waals surface area (Å²) < 4.78 is 7.32. The van der Waals surface area contributed by atoms with Crippen LogP contribution in [-0.4, -0.2) is 20.5 Å². The molecule has 0 saturated carbocycles. The van der Waals surface area contributed by atoms with Gasteiger partial charge in [-0.2, -0.15) is 0 Å². The van der Waals surface area contributed by atoms with Crippen LogP contribution in [-0.2, 0) is 0 Å². The summed E-state index contributed by atoms with van der Waals surface area (Å²) in [6.45, 7) is 1.98. The lowest BCUT2D eigenvalue weighted by Gasteiger charge is -1.99. The lowest BCUT2D eigenvalue weighted by Crippen LogP contribution is -1.93. The number of rotatable bonds is 4. The van der Waals surface area contributed by atoms with Crippen LogP contribution >= 0.6 is 0 Å². The molecule has 3 aromatic heterocycles. The summed E-state index contributed by atoms with van der Waals surface area (Å²) in [7, 11) is 0. The third-order valence-electron chi connectivity index (χ3n) is 3.87. The number of fused-ring (bicyclic) bond motifs is 1. The van der Waals surface area contributed by atoms with Crippen LogP contribution in [0.5, 0.6) is 0 Å². The Kier molecular flexibility index (Phi) is 3.81. The van der Waals surface area contributed by atoms with Crippen molar-refractivity contribution in [3.8, 4) is 11.5 Å². The molecule has 0 radical (unpaired) electrons. The number of furan rings is 1. The highest BCUT2D eigenvalue weighted by atomic mass is 16.4. The molecule has 0 saturated heterocycles. The van der Waals surface area contributed by atoms with Crippen molar-refractivity contribution in [1.29, 1.82) is 0 Å². The largest absolute Gasteiger partial charge is 0.478 e. The standard InChI is InChI=1S/C19H14N4O3/c1-12-4-9-16-20-17(15-3-2-10-26-15)18(23(16)11-12)22-21-14-7-5-13(6-8-14)19(24)25/h2-11H,1H3,(H,24,25). The number of aromatic carboxylic acids is 1. The molecule has 4 rings (SSSR count). The monoisotopic (exact) mass is 346 g/mol. The number of nitrogens with zero attached hydrogens (tertiary/aromatic N) is 4. The molecule has 0 amide bonds. The average Bonchev–Trinajstić information content (AvgIpc) is 3.27. The van der Waals surface area contributed by atoms with Crippen molar-refractivity contribution in [3.05, 3.63) is 72.1 Å². The fourth-order valence-corrected chi connectivity index (χ4v) is 2.59. The highest BCUT2D eigenvalue weighted by Crippen LogP contribution is 2.32. The number of carbonyl (C=O) groups is 1. The predicted molar refractivity (Wildman–Crippen MR) is 95.2 cm³/mol. The van der Waals surface area contributed by atoms with E-state index in [4.69, 9.17) is 9.52 Å². The molecule has 1 N–H and O–H groups in total. The summed E-state index contributed by atoms with van der Waals surface area (Å²) in [5, 5.41) is 17.5. The van der Waals surface area contributed by atoms with Gasteiger partial charge in [-0.05, 0) is 55.0 Å². The van der Waals surface area contributed by atoms with E-state index in [9.17, 15) is 4.79 Å². The first-order valence-electron chi connectivity index (χ1n) is 7.89. The van der Waals surface area contributed by atoms with E-state index in [1.807, 2.05) is 35.7 Å². The zero-order valence-electron chi connectivity index (χ0n) is 13.8. The topological polar surface area (TPSA) is 92.5 Å². The van der Waals surface area contributed by atoms with E-state index in [-0.39, 0.29) is 5.56 Å². The molecule has 0 bridgehead atoms. The number of carboxylic acids is 1. The second-order valence-electron chi connectivity index (χ2n) is 5.75. The number of aromatic nitrogens is 2. The molecule has 0 aliphatic heterocycles. The van der Waals surface area contributed by atoms with E-state index in [1.165, 1.54) is 12.1 Å². The number of pyridine rings is 1. The summed E-state index contributed by atoms with van der Waals surface area (Å²) >= 11 is 0. The van der Waals surface area contributed by atoms with Crippen LogP contribution in [0.1, 0.15) is 15.9 Å². The van der Waals surface area contributed by atoms with Crippen molar-refractivity contribution >= 4 is 23.1 Å². The number of imidazole rings is 1. The summed E-state index contributed by atoms with van der Waals surface area (Å²) in [6.07, 6.45) is 3.51. The van der Waals surface area contributed by atoms with Gasteiger partial charge in [-0.15, -0.1) is 10.2 Å². The Morgan fingerprint density at radius 1 is 1.12 bits per heavy atom. The van der Waals surface area contributed by atoms with Crippen LogP contribution in [0.15, 0.2) is 75.6 Å². The maximum atomic E-state index is 10.9. The van der Waals surface area contributed by atoms with E-state index in [0.717, 1.165) is 11.2 Å². The Labute approximate surface area is 148 Å². The Balaban J connectivity index is 1.80. The summed E-state index contributed by atoms with van der Waals surface area (Å²) in [4.78, 5) is 15.5.